The van der Waals surface area contributed by atoms with E-state index in [0.717, 1.165) is 6.07 Å². The van der Waals surface area contributed by atoms with E-state index in [1.54, 1.807) is 6.92 Å². The van der Waals surface area contributed by atoms with Crippen LogP contribution in [-0.2, 0) is 14.4 Å². The van der Waals surface area contributed by atoms with Crippen LogP contribution in [0.15, 0.2) is 12.1 Å². The van der Waals surface area contributed by atoms with E-state index >= 15 is 0 Å². The van der Waals surface area contributed by atoms with Gasteiger partial charge in [0.15, 0.2) is 11.5 Å². The Labute approximate surface area is 141 Å². The summed E-state index contributed by atoms with van der Waals surface area (Å²) < 4.78 is 13.9. The molecule has 1 atom stereocenters. The van der Waals surface area contributed by atoms with E-state index in [4.69, 9.17) is 0 Å². The Morgan fingerprint density at radius 3 is 2.52 bits per heavy atom. The van der Waals surface area contributed by atoms with Crippen LogP contribution in [0, 0.1) is 5.82 Å². The normalized spacial score (nSPS) is 15.9. The zero-order valence-corrected chi connectivity index (χ0v) is 13.2. The van der Waals surface area contributed by atoms with Gasteiger partial charge < -0.3 is 25.2 Å². The molecular formula is C15H16FN3O6. The van der Waals surface area contributed by atoms with Crippen LogP contribution in [0.25, 0.3) is 0 Å². The van der Waals surface area contributed by atoms with Gasteiger partial charge in [-0.05, 0) is 13.0 Å². The third kappa shape index (κ3) is 3.52. The fraction of sp³-hybridized carbons (Fsp3) is 0.333. The van der Waals surface area contributed by atoms with Gasteiger partial charge in [0, 0.05) is 31.3 Å². The van der Waals surface area contributed by atoms with Gasteiger partial charge in [0.25, 0.3) is 0 Å². The largest absolute Gasteiger partial charge is 0.504 e. The summed E-state index contributed by atoms with van der Waals surface area (Å²) in [5.41, 5.74) is -0.399. The Bertz CT molecular complexity index is 738. The lowest BCUT2D eigenvalue weighted by atomic mass is 10.1. The molecule has 1 aromatic carbocycles. The van der Waals surface area contributed by atoms with Crippen molar-refractivity contribution in [1.29, 1.82) is 0 Å². The van der Waals surface area contributed by atoms with Crippen molar-refractivity contribution in [2.24, 2.45) is 0 Å². The molecule has 9 nitrogen and oxygen atoms in total. The number of carbonyl (C=O) groups excluding carboxylic acids is 4. The Balaban J connectivity index is 2.18. The van der Waals surface area contributed by atoms with E-state index < -0.39 is 46.8 Å². The first kappa shape index (κ1) is 18.2. The highest BCUT2D eigenvalue weighted by Crippen LogP contribution is 2.30. The van der Waals surface area contributed by atoms with Gasteiger partial charge in [-0.25, -0.2) is 9.18 Å². The molecule has 3 N–H and O–H groups in total. The fourth-order valence-corrected chi connectivity index (χ4v) is 2.37. The number of urea groups is 1. The number of imide groups is 1. The van der Waals surface area contributed by atoms with Crippen molar-refractivity contribution in [2.45, 2.75) is 13.0 Å². The van der Waals surface area contributed by atoms with Crippen LogP contribution in [0.3, 0.4) is 0 Å². The molecule has 0 radical (unpaired) electrons. The van der Waals surface area contributed by atoms with Crippen molar-refractivity contribution in [3.63, 3.8) is 0 Å². The van der Waals surface area contributed by atoms with Crippen LogP contribution < -0.4 is 5.32 Å². The molecule has 2 rings (SSSR count). The van der Waals surface area contributed by atoms with E-state index in [9.17, 15) is 33.8 Å². The molecule has 1 heterocycles. The van der Waals surface area contributed by atoms with Gasteiger partial charge in [-0.3, -0.25) is 14.5 Å². The second kappa shape index (κ2) is 7.16. The van der Waals surface area contributed by atoms with E-state index in [0.29, 0.717) is 17.5 Å². The molecule has 4 amide bonds. The smallest absolute Gasteiger partial charge is 0.325 e. The summed E-state index contributed by atoms with van der Waals surface area (Å²) >= 11 is 0. The third-order valence-electron chi connectivity index (χ3n) is 3.78. The average molecular weight is 353 g/mol. The van der Waals surface area contributed by atoms with Crippen LogP contribution >= 0.6 is 0 Å². The van der Waals surface area contributed by atoms with Crippen molar-refractivity contribution in [3.8, 4) is 11.5 Å². The first-order valence-corrected chi connectivity index (χ1v) is 7.38. The summed E-state index contributed by atoms with van der Waals surface area (Å²) in [6.45, 7) is 2.08. The van der Waals surface area contributed by atoms with Gasteiger partial charge >= 0.3 is 17.8 Å². The SMILES string of the molecule is CCN1CCN(C(=O)NC(C=O)c2cc(O)c(O)cc2F)C(=O)C1=O. The number of likely N-dealkylation sites (N-methyl/N-ethyl adjacent to an activating group) is 1. The number of hydrogen-bond donors (Lipinski definition) is 3. The number of halogens is 1. The Morgan fingerprint density at radius 2 is 1.92 bits per heavy atom. The number of amides is 4. The number of nitrogens with zero attached hydrogens (tertiary/aromatic N) is 2. The quantitative estimate of drug-likeness (QED) is 0.393. The molecular weight excluding hydrogens is 337 g/mol. The summed E-state index contributed by atoms with van der Waals surface area (Å²) in [7, 11) is 0. The minimum absolute atomic E-state index is 0.0703. The predicted molar refractivity (Wildman–Crippen MR) is 81.0 cm³/mol. The Morgan fingerprint density at radius 1 is 1.28 bits per heavy atom. The molecule has 1 aromatic rings. The van der Waals surface area contributed by atoms with E-state index in [-0.39, 0.29) is 19.4 Å². The van der Waals surface area contributed by atoms with Gasteiger partial charge in [0.2, 0.25) is 0 Å². The minimum Gasteiger partial charge on any atom is -0.504 e. The zero-order valence-electron chi connectivity index (χ0n) is 13.2. The maximum absolute atomic E-state index is 13.9. The standard InChI is InChI=1S/C15H16FN3O6/c1-2-18-3-4-19(14(24)13(18)23)15(25)17-10(7-20)8-5-11(21)12(22)6-9(8)16/h5-7,10,21-22H,2-4H2,1H3,(H,17,25). The summed E-state index contributed by atoms with van der Waals surface area (Å²) in [6, 6.07) is -1.20. The van der Waals surface area contributed by atoms with Crippen LogP contribution in [0.1, 0.15) is 18.5 Å². The molecule has 1 aliphatic heterocycles. The lowest BCUT2D eigenvalue weighted by molar-refractivity contribution is -0.153. The Hall–Kier alpha value is -3.17. The molecule has 10 heteroatoms. The van der Waals surface area contributed by atoms with Crippen molar-refractivity contribution in [1.82, 2.24) is 15.1 Å². The van der Waals surface area contributed by atoms with Gasteiger partial charge in [-0.2, -0.15) is 0 Å². The van der Waals surface area contributed by atoms with Crippen molar-refractivity contribution >= 4 is 24.1 Å². The molecule has 1 saturated heterocycles. The van der Waals surface area contributed by atoms with Gasteiger partial charge in [0.1, 0.15) is 18.1 Å². The van der Waals surface area contributed by atoms with Crippen LogP contribution in [0.4, 0.5) is 9.18 Å². The summed E-state index contributed by atoms with van der Waals surface area (Å²) in [5, 5.41) is 20.8. The fourth-order valence-electron chi connectivity index (χ4n) is 2.37. The average Bonchev–Trinajstić information content (AvgIpc) is 2.58. The van der Waals surface area contributed by atoms with E-state index in [1.165, 1.54) is 4.90 Å². The van der Waals surface area contributed by atoms with Crippen LogP contribution in [0.2, 0.25) is 0 Å². The highest BCUT2D eigenvalue weighted by molar-refractivity contribution is 6.38. The first-order valence-electron chi connectivity index (χ1n) is 7.38. The molecule has 25 heavy (non-hydrogen) atoms. The number of hydrogen-bond acceptors (Lipinski definition) is 6. The molecule has 1 aliphatic rings. The van der Waals surface area contributed by atoms with Gasteiger partial charge in [-0.1, -0.05) is 0 Å². The van der Waals surface area contributed by atoms with Crippen LogP contribution in [0.5, 0.6) is 11.5 Å². The maximum atomic E-state index is 13.9. The first-order chi connectivity index (χ1) is 11.8. The minimum atomic E-state index is -1.52. The van der Waals surface area contributed by atoms with Gasteiger partial charge in [0.05, 0.1) is 0 Å². The highest BCUT2D eigenvalue weighted by Gasteiger charge is 2.36. The predicted octanol–water partition coefficient (Wildman–Crippen LogP) is -0.123. The number of aldehydes is 1. The summed E-state index contributed by atoms with van der Waals surface area (Å²) in [5.74, 6) is -4.34. The number of rotatable bonds is 4. The molecule has 0 spiro atoms. The molecule has 0 aromatic heterocycles. The third-order valence-corrected chi connectivity index (χ3v) is 3.78. The number of nitrogens with one attached hydrogen (secondary N) is 1. The van der Waals surface area contributed by atoms with Crippen LogP contribution in [-0.4, -0.2) is 63.8 Å². The van der Waals surface area contributed by atoms with Crippen molar-refractivity contribution in [3.05, 3.63) is 23.5 Å². The highest BCUT2D eigenvalue weighted by atomic mass is 19.1. The number of phenols is 2. The molecule has 0 bridgehead atoms. The maximum Gasteiger partial charge on any atom is 0.325 e. The number of piperazine rings is 1. The lowest BCUT2D eigenvalue weighted by Crippen LogP contribution is -2.58. The van der Waals surface area contributed by atoms with E-state index in [1.807, 2.05) is 0 Å². The number of phenolic OH excluding ortho intramolecular Hbond substituents is 2. The summed E-state index contributed by atoms with van der Waals surface area (Å²) in [4.78, 5) is 49.0. The Kier molecular flexibility index (Phi) is 5.20. The molecule has 1 fully saturated rings. The molecule has 134 valence electrons. The second-order valence-corrected chi connectivity index (χ2v) is 5.27. The second-order valence-electron chi connectivity index (χ2n) is 5.27. The number of aromatic hydroxyl groups is 2. The molecule has 0 saturated carbocycles. The monoisotopic (exact) mass is 353 g/mol. The van der Waals surface area contributed by atoms with Gasteiger partial charge in [-0.15, -0.1) is 0 Å². The van der Waals surface area contributed by atoms with Crippen molar-refractivity contribution in [2.75, 3.05) is 19.6 Å². The van der Waals surface area contributed by atoms with Crippen molar-refractivity contribution < 1.29 is 33.8 Å². The lowest BCUT2D eigenvalue weighted by Gasteiger charge is -2.32. The topological polar surface area (TPSA) is 127 Å². The number of benzene rings is 1. The zero-order chi connectivity index (χ0) is 18.7. The number of carbonyl (C=O) groups is 4. The summed E-state index contributed by atoms with van der Waals surface area (Å²) in [6.07, 6.45) is 0.196. The molecule has 0 aliphatic carbocycles. The molecule has 1 unspecified atom stereocenters. The van der Waals surface area contributed by atoms with E-state index in [2.05, 4.69) is 5.32 Å².